The quantitative estimate of drug-likeness (QED) is 0.787. The van der Waals surface area contributed by atoms with Gasteiger partial charge in [0, 0.05) is 19.0 Å². The van der Waals surface area contributed by atoms with Crippen LogP contribution in [0, 0.1) is 0 Å². The highest BCUT2D eigenvalue weighted by molar-refractivity contribution is 6.09. The number of hydrogen-bond donors (Lipinski definition) is 1. The van der Waals surface area contributed by atoms with Crippen LogP contribution < -0.4 is 5.32 Å². The predicted octanol–water partition coefficient (Wildman–Crippen LogP) is 2.78. The van der Waals surface area contributed by atoms with Gasteiger partial charge in [0.05, 0.1) is 23.9 Å². The summed E-state index contributed by atoms with van der Waals surface area (Å²) in [5, 5.41) is 7.16. The number of ether oxygens (including phenoxy) is 1. The van der Waals surface area contributed by atoms with E-state index in [4.69, 9.17) is 4.74 Å². The first-order chi connectivity index (χ1) is 10.8. The first kappa shape index (κ1) is 14.3. The van der Waals surface area contributed by atoms with Crippen LogP contribution in [0.4, 0.5) is 5.69 Å². The fourth-order valence-corrected chi connectivity index (χ4v) is 2.37. The van der Waals surface area contributed by atoms with Gasteiger partial charge in [0.25, 0.3) is 5.91 Å². The third-order valence-corrected chi connectivity index (χ3v) is 3.51. The van der Waals surface area contributed by atoms with Crippen molar-refractivity contribution in [1.29, 1.82) is 0 Å². The van der Waals surface area contributed by atoms with E-state index in [9.17, 15) is 4.79 Å². The first-order valence-corrected chi connectivity index (χ1v) is 7.10. The van der Waals surface area contributed by atoms with Gasteiger partial charge in [0.1, 0.15) is 0 Å². The smallest absolute Gasteiger partial charge is 0.259 e. The highest BCUT2D eigenvalue weighted by Crippen LogP contribution is 2.18. The number of nitrogens with zero attached hydrogens (tertiary/aromatic N) is 2. The number of methoxy groups -OCH3 is 1. The minimum Gasteiger partial charge on any atom is -0.384 e. The minimum atomic E-state index is -0.161. The molecule has 0 unspecified atom stereocenters. The normalized spacial score (nSPS) is 10.8. The van der Waals surface area contributed by atoms with Crippen LogP contribution >= 0.6 is 0 Å². The molecule has 0 saturated carbocycles. The molecule has 5 heteroatoms. The molecule has 0 bridgehead atoms. The van der Waals surface area contributed by atoms with Crippen LogP contribution in [0.3, 0.4) is 0 Å². The first-order valence-electron chi connectivity index (χ1n) is 7.10. The van der Waals surface area contributed by atoms with Crippen molar-refractivity contribution in [3.8, 4) is 0 Å². The molecule has 0 fully saturated rings. The molecule has 0 aliphatic rings. The lowest BCUT2D eigenvalue weighted by molar-refractivity contribution is 0.102. The molecule has 0 spiro atoms. The standard InChI is InChI=1S/C17H17N3O2/c1-22-11-9-13-6-2-3-7-15(13)19-17(21)14-12-18-20-10-5-4-8-16(14)20/h2-8,10,12H,9,11H2,1H3,(H,19,21). The second kappa shape index (κ2) is 6.41. The van der Waals surface area contributed by atoms with Crippen LogP contribution in [0.2, 0.25) is 0 Å². The summed E-state index contributed by atoms with van der Waals surface area (Å²) in [7, 11) is 1.67. The zero-order valence-corrected chi connectivity index (χ0v) is 12.3. The number of pyridine rings is 1. The Morgan fingerprint density at radius 3 is 2.91 bits per heavy atom. The molecule has 0 saturated heterocycles. The summed E-state index contributed by atoms with van der Waals surface area (Å²) in [6.45, 7) is 0.615. The van der Waals surface area contributed by atoms with Crippen molar-refractivity contribution in [2.24, 2.45) is 0 Å². The van der Waals surface area contributed by atoms with E-state index in [1.54, 1.807) is 17.8 Å². The van der Waals surface area contributed by atoms with E-state index >= 15 is 0 Å². The molecule has 1 aromatic carbocycles. The van der Waals surface area contributed by atoms with Crippen molar-refractivity contribution in [1.82, 2.24) is 9.61 Å². The number of benzene rings is 1. The molecule has 22 heavy (non-hydrogen) atoms. The maximum Gasteiger partial charge on any atom is 0.259 e. The van der Waals surface area contributed by atoms with Gasteiger partial charge in [-0.2, -0.15) is 5.10 Å². The molecular formula is C17H17N3O2. The molecule has 1 amide bonds. The average molecular weight is 295 g/mol. The highest BCUT2D eigenvalue weighted by atomic mass is 16.5. The van der Waals surface area contributed by atoms with Crippen molar-refractivity contribution >= 4 is 17.1 Å². The summed E-state index contributed by atoms with van der Waals surface area (Å²) in [5.74, 6) is -0.161. The topological polar surface area (TPSA) is 55.6 Å². The second-order valence-corrected chi connectivity index (χ2v) is 4.94. The van der Waals surface area contributed by atoms with Gasteiger partial charge in [-0.1, -0.05) is 24.3 Å². The summed E-state index contributed by atoms with van der Waals surface area (Å²) in [6.07, 6.45) is 4.16. The second-order valence-electron chi connectivity index (χ2n) is 4.94. The molecule has 5 nitrogen and oxygen atoms in total. The van der Waals surface area contributed by atoms with Gasteiger partial charge < -0.3 is 10.1 Å². The molecule has 0 radical (unpaired) electrons. The molecule has 2 heterocycles. The van der Waals surface area contributed by atoms with Crippen molar-refractivity contribution < 1.29 is 9.53 Å². The van der Waals surface area contributed by atoms with Gasteiger partial charge in [-0.25, -0.2) is 4.52 Å². The van der Waals surface area contributed by atoms with Gasteiger partial charge in [-0.15, -0.1) is 0 Å². The number of aromatic nitrogens is 2. The van der Waals surface area contributed by atoms with Crippen molar-refractivity contribution in [3.05, 3.63) is 66.0 Å². The number of hydrogen-bond acceptors (Lipinski definition) is 3. The maximum atomic E-state index is 12.5. The van der Waals surface area contributed by atoms with E-state index in [1.807, 2.05) is 48.7 Å². The third kappa shape index (κ3) is 2.84. The number of rotatable bonds is 5. The minimum absolute atomic E-state index is 0.161. The summed E-state index contributed by atoms with van der Waals surface area (Å²) in [4.78, 5) is 12.5. The van der Waals surface area contributed by atoms with Crippen molar-refractivity contribution in [2.45, 2.75) is 6.42 Å². The van der Waals surface area contributed by atoms with Crippen molar-refractivity contribution in [2.75, 3.05) is 19.0 Å². The molecule has 0 aliphatic heterocycles. The average Bonchev–Trinajstić information content (AvgIpc) is 2.98. The number of carbonyl (C=O) groups excluding carboxylic acids is 1. The summed E-state index contributed by atoms with van der Waals surface area (Å²) < 4.78 is 6.80. The molecule has 2 aromatic heterocycles. The zero-order valence-electron chi connectivity index (χ0n) is 12.3. The molecule has 0 atom stereocenters. The largest absolute Gasteiger partial charge is 0.384 e. The highest BCUT2D eigenvalue weighted by Gasteiger charge is 2.13. The summed E-state index contributed by atoms with van der Waals surface area (Å²) >= 11 is 0. The maximum absolute atomic E-state index is 12.5. The Labute approximate surface area is 128 Å². The molecule has 112 valence electrons. The lowest BCUT2D eigenvalue weighted by atomic mass is 10.1. The van der Waals surface area contributed by atoms with Crippen LogP contribution in [0.5, 0.6) is 0 Å². The Morgan fingerprint density at radius 2 is 2.05 bits per heavy atom. The molecule has 3 aromatic rings. The molecule has 1 N–H and O–H groups in total. The fourth-order valence-electron chi connectivity index (χ4n) is 2.37. The summed E-state index contributed by atoms with van der Waals surface area (Å²) in [6, 6.07) is 13.4. The van der Waals surface area contributed by atoms with Gasteiger partial charge in [0.2, 0.25) is 0 Å². The summed E-state index contributed by atoms with van der Waals surface area (Å²) in [5.41, 5.74) is 3.20. The van der Waals surface area contributed by atoms with Crippen LogP contribution in [-0.4, -0.2) is 29.2 Å². The number of para-hydroxylation sites is 1. The Hall–Kier alpha value is -2.66. The Kier molecular flexibility index (Phi) is 4.16. The molecule has 3 rings (SSSR count). The number of anilines is 1. The lowest BCUT2D eigenvalue weighted by Crippen LogP contribution is -2.13. The fraction of sp³-hybridized carbons (Fsp3) is 0.176. The third-order valence-electron chi connectivity index (χ3n) is 3.51. The number of fused-ring (bicyclic) bond motifs is 1. The van der Waals surface area contributed by atoms with Crippen LogP contribution in [-0.2, 0) is 11.2 Å². The molecular weight excluding hydrogens is 278 g/mol. The van der Waals surface area contributed by atoms with Gasteiger partial charge in [-0.3, -0.25) is 4.79 Å². The molecule has 0 aliphatic carbocycles. The zero-order chi connectivity index (χ0) is 15.4. The van der Waals surface area contributed by atoms with E-state index in [0.29, 0.717) is 12.2 Å². The number of amides is 1. The van der Waals surface area contributed by atoms with Crippen LogP contribution in [0.1, 0.15) is 15.9 Å². The van der Waals surface area contributed by atoms with Gasteiger partial charge in [0.15, 0.2) is 0 Å². The Morgan fingerprint density at radius 1 is 1.23 bits per heavy atom. The van der Waals surface area contributed by atoms with E-state index in [0.717, 1.165) is 23.2 Å². The van der Waals surface area contributed by atoms with E-state index in [1.165, 1.54) is 0 Å². The van der Waals surface area contributed by atoms with E-state index in [2.05, 4.69) is 10.4 Å². The van der Waals surface area contributed by atoms with Gasteiger partial charge >= 0.3 is 0 Å². The number of carbonyl (C=O) groups is 1. The number of nitrogens with one attached hydrogen (secondary N) is 1. The SMILES string of the molecule is COCCc1ccccc1NC(=O)c1cnn2ccccc12. The van der Waals surface area contributed by atoms with Crippen LogP contribution in [0.25, 0.3) is 5.52 Å². The van der Waals surface area contributed by atoms with E-state index < -0.39 is 0 Å². The van der Waals surface area contributed by atoms with Crippen molar-refractivity contribution in [3.63, 3.8) is 0 Å². The monoisotopic (exact) mass is 295 g/mol. The van der Waals surface area contributed by atoms with E-state index in [-0.39, 0.29) is 5.91 Å². The lowest BCUT2D eigenvalue weighted by Gasteiger charge is -2.10. The van der Waals surface area contributed by atoms with Gasteiger partial charge in [-0.05, 0) is 30.2 Å². The predicted molar refractivity (Wildman–Crippen MR) is 85.2 cm³/mol. The van der Waals surface area contributed by atoms with Crippen LogP contribution in [0.15, 0.2) is 54.9 Å². The Balaban J connectivity index is 1.85. The Bertz CT molecular complexity index is 795.